The van der Waals surface area contributed by atoms with Gasteiger partial charge >= 0.3 is 5.97 Å². The normalized spacial score (nSPS) is 11.8. The van der Waals surface area contributed by atoms with Crippen molar-refractivity contribution in [2.45, 2.75) is 32.9 Å². The number of ether oxygens (including phenoxy) is 1. The molecule has 24 heavy (non-hydrogen) atoms. The molecule has 1 atom stereocenters. The largest absolute Gasteiger partial charge is 0.480 e. The molecule has 0 aliphatic carbocycles. The van der Waals surface area contributed by atoms with Crippen LogP contribution in [0.15, 0.2) is 24.5 Å². The van der Waals surface area contributed by atoms with Crippen molar-refractivity contribution in [3.63, 3.8) is 0 Å². The molecule has 0 bridgehead atoms. The number of carbonyl (C=O) groups excluding carboxylic acids is 2. The van der Waals surface area contributed by atoms with Crippen molar-refractivity contribution in [3.8, 4) is 0 Å². The van der Waals surface area contributed by atoms with Crippen LogP contribution in [-0.4, -0.2) is 47.1 Å². The summed E-state index contributed by atoms with van der Waals surface area (Å²) in [5, 5.41) is 14.0. The maximum atomic E-state index is 11.7. The maximum Gasteiger partial charge on any atom is 0.326 e. The molecule has 0 fully saturated rings. The number of carboxylic acids is 1. The van der Waals surface area contributed by atoms with Crippen molar-refractivity contribution in [1.29, 1.82) is 0 Å². The zero-order valence-corrected chi connectivity index (χ0v) is 13.8. The van der Waals surface area contributed by atoms with Gasteiger partial charge in [-0.3, -0.25) is 14.6 Å². The third-order valence-corrected chi connectivity index (χ3v) is 3.02. The molecule has 1 rings (SSSR count). The molecule has 2 amide bonds. The highest BCUT2D eigenvalue weighted by Crippen LogP contribution is 2.04. The smallest absolute Gasteiger partial charge is 0.326 e. The molecule has 3 N–H and O–H groups in total. The first-order chi connectivity index (χ1) is 11.4. The van der Waals surface area contributed by atoms with Gasteiger partial charge < -0.3 is 20.5 Å². The van der Waals surface area contributed by atoms with Crippen LogP contribution in [0.5, 0.6) is 0 Å². The Bertz CT molecular complexity index is 548. The van der Waals surface area contributed by atoms with Crippen LogP contribution >= 0.6 is 0 Å². The SMILES string of the molecule is CC(C)C[C@H](NC(=O)COCC(=O)NCc1cccnc1)C(=O)O. The van der Waals surface area contributed by atoms with Crippen molar-refractivity contribution in [2.75, 3.05) is 13.2 Å². The first-order valence-corrected chi connectivity index (χ1v) is 7.64. The van der Waals surface area contributed by atoms with Crippen LogP contribution in [0.1, 0.15) is 25.8 Å². The van der Waals surface area contributed by atoms with E-state index >= 15 is 0 Å². The summed E-state index contributed by atoms with van der Waals surface area (Å²) in [4.78, 5) is 38.2. The number of rotatable bonds is 10. The number of carbonyl (C=O) groups is 3. The number of aromatic nitrogens is 1. The Kier molecular flexibility index (Phi) is 8.42. The van der Waals surface area contributed by atoms with E-state index in [2.05, 4.69) is 15.6 Å². The fourth-order valence-electron chi connectivity index (χ4n) is 1.92. The lowest BCUT2D eigenvalue weighted by Crippen LogP contribution is -2.43. The molecule has 132 valence electrons. The van der Waals surface area contributed by atoms with Gasteiger partial charge in [0.15, 0.2) is 0 Å². The number of pyridine rings is 1. The molecular weight excluding hydrogens is 314 g/mol. The zero-order chi connectivity index (χ0) is 17.9. The molecule has 0 spiro atoms. The molecule has 0 aliphatic rings. The van der Waals surface area contributed by atoms with Crippen LogP contribution < -0.4 is 10.6 Å². The first kappa shape index (κ1) is 19.6. The van der Waals surface area contributed by atoms with Crippen LogP contribution in [0.3, 0.4) is 0 Å². The van der Waals surface area contributed by atoms with Crippen molar-refractivity contribution in [3.05, 3.63) is 30.1 Å². The number of amides is 2. The summed E-state index contributed by atoms with van der Waals surface area (Å²) in [5.41, 5.74) is 0.849. The van der Waals surface area contributed by atoms with E-state index in [4.69, 9.17) is 9.84 Å². The molecule has 0 saturated carbocycles. The second-order valence-electron chi connectivity index (χ2n) is 5.72. The first-order valence-electron chi connectivity index (χ1n) is 7.64. The summed E-state index contributed by atoms with van der Waals surface area (Å²) >= 11 is 0. The van der Waals surface area contributed by atoms with Crippen LogP contribution in [0.25, 0.3) is 0 Å². The van der Waals surface area contributed by atoms with Crippen molar-refractivity contribution in [1.82, 2.24) is 15.6 Å². The number of hydrogen-bond acceptors (Lipinski definition) is 5. The fraction of sp³-hybridized carbons (Fsp3) is 0.500. The highest BCUT2D eigenvalue weighted by molar-refractivity contribution is 5.84. The number of aliphatic carboxylic acids is 1. The fourth-order valence-corrected chi connectivity index (χ4v) is 1.92. The maximum absolute atomic E-state index is 11.7. The lowest BCUT2D eigenvalue weighted by Gasteiger charge is -2.16. The molecule has 0 aliphatic heterocycles. The molecule has 8 nitrogen and oxygen atoms in total. The van der Waals surface area contributed by atoms with Gasteiger partial charge in [-0.1, -0.05) is 19.9 Å². The molecule has 1 heterocycles. The van der Waals surface area contributed by atoms with E-state index in [0.717, 1.165) is 5.56 Å². The number of hydrogen-bond donors (Lipinski definition) is 3. The summed E-state index contributed by atoms with van der Waals surface area (Å²) in [6.45, 7) is 3.39. The van der Waals surface area contributed by atoms with Crippen molar-refractivity contribution >= 4 is 17.8 Å². The van der Waals surface area contributed by atoms with Crippen LogP contribution in [0.2, 0.25) is 0 Å². The summed E-state index contributed by atoms with van der Waals surface area (Å²) in [7, 11) is 0. The van der Waals surface area contributed by atoms with E-state index in [0.29, 0.717) is 13.0 Å². The lowest BCUT2D eigenvalue weighted by atomic mass is 10.0. The van der Waals surface area contributed by atoms with E-state index in [1.807, 2.05) is 19.9 Å². The van der Waals surface area contributed by atoms with E-state index in [-0.39, 0.29) is 25.0 Å². The number of nitrogens with one attached hydrogen (secondary N) is 2. The van der Waals surface area contributed by atoms with Crippen molar-refractivity contribution < 1.29 is 24.2 Å². The Hall–Kier alpha value is -2.48. The van der Waals surface area contributed by atoms with Gasteiger partial charge in [-0.15, -0.1) is 0 Å². The van der Waals surface area contributed by atoms with E-state index in [1.54, 1.807) is 18.5 Å². The Morgan fingerprint density at radius 2 is 1.96 bits per heavy atom. The predicted molar refractivity (Wildman–Crippen MR) is 85.9 cm³/mol. The average molecular weight is 337 g/mol. The highest BCUT2D eigenvalue weighted by atomic mass is 16.5. The van der Waals surface area contributed by atoms with E-state index in [1.165, 1.54) is 0 Å². The summed E-state index contributed by atoms with van der Waals surface area (Å²) < 4.78 is 5.00. The molecule has 8 heteroatoms. The molecule has 1 aromatic rings. The Labute approximate surface area is 140 Å². The molecule has 0 unspecified atom stereocenters. The molecule has 0 saturated heterocycles. The second-order valence-corrected chi connectivity index (χ2v) is 5.72. The van der Waals surface area contributed by atoms with Crippen LogP contribution in [-0.2, 0) is 25.7 Å². The van der Waals surface area contributed by atoms with Gasteiger partial charge in [-0.2, -0.15) is 0 Å². The predicted octanol–water partition coefficient (Wildman–Crippen LogP) is 0.330. The molecular formula is C16H23N3O5. The summed E-state index contributed by atoms with van der Waals surface area (Å²) in [5.74, 6) is -1.90. The topological polar surface area (TPSA) is 118 Å². The second kappa shape index (κ2) is 10.3. The summed E-state index contributed by atoms with van der Waals surface area (Å²) in [6.07, 6.45) is 3.60. The van der Waals surface area contributed by atoms with E-state index in [9.17, 15) is 14.4 Å². The van der Waals surface area contributed by atoms with Gasteiger partial charge in [0.05, 0.1) is 0 Å². The zero-order valence-electron chi connectivity index (χ0n) is 13.8. The van der Waals surface area contributed by atoms with Gasteiger partial charge in [0.25, 0.3) is 0 Å². The number of carboxylic acid groups (broad SMARTS) is 1. The Balaban J connectivity index is 2.24. The monoisotopic (exact) mass is 337 g/mol. The van der Waals surface area contributed by atoms with Gasteiger partial charge in [-0.25, -0.2) is 4.79 Å². The third-order valence-electron chi connectivity index (χ3n) is 3.02. The lowest BCUT2D eigenvalue weighted by molar-refractivity contribution is -0.143. The minimum atomic E-state index is -1.09. The molecule has 0 radical (unpaired) electrons. The van der Waals surface area contributed by atoms with E-state index < -0.39 is 17.9 Å². The third kappa shape index (κ3) is 8.23. The van der Waals surface area contributed by atoms with Gasteiger partial charge in [0, 0.05) is 18.9 Å². The minimum absolute atomic E-state index is 0.130. The Morgan fingerprint density at radius 1 is 1.25 bits per heavy atom. The van der Waals surface area contributed by atoms with Crippen LogP contribution in [0.4, 0.5) is 0 Å². The van der Waals surface area contributed by atoms with Gasteiger partial charge in [0.1, 0.15) is 19.3 Å². The highest BCUT2D eigenvalue weighted by Gasteiger charge is 2.21. The standard InChI is InChI=1S/C16H23N3O5/c1-11(2)6-13(16(22)23)19-15(21)10-24-9-14(20)18-8-12-4-3-5-17-7-12/h3-5,7,11,13H,6,8-10H2,1-2H3,(H,18,20)(H,19,21)(H,22,23)/t13-/m0/s1. The minimum Gasteiger partial charge on any atom is -0.480 e. The Morgan fingerprint density at radius 3 is 2.54 bits per heavy atom. The number of nitrogens with zero attached hydrogens (tertiary/aromatic N) is 1. The summed E-state index contributed by atoms with van der Waals surface area (Å²) in [6, 6.07) is 2.63. The average Bonchev–Trinajstić information content (AvgIpc) is 2.52. The van der Waals surface area contributed by atoms with Gasteiger partial charge in [-0.05, 0) is 24.0 Å². The van der Waals surface area contributed by atoms with Gasteiger partial charge in [0.2, 0.25) is 11.8 Å². The van der Waals surface area contributed by atoms with Crippen molar-refractivity contribution in [2.24, 2.45) is 5.92 Å². The quantitative estimate of drug-likeness (QED) is 0.566. The molecule has 1 aromatic heterocycles. The van der Waals surface area contributed by atoms with Crippen LogP contribution in [0, 0.1) is 5.92 Å². The molecule has 0 aromatic carbocycles.